The van der Waals surface area contributed by atoms with Gasteiger partial charge in [0.05, 0.1) is 16.3 Å². The van der Waals surface area contributed by atoms with Crippen molar-refractivity contribution in [3.05, 3.63) is 76.4 Å². The van der Waals surface area contributed by atoms with E-state index in [2.05, 4.69) is 10.3 Å². The molecule has 3 aromatic rings. The number of rotatable bonds is 6. The maximum atomic E-state index is 13.1. The van der Waals surface area contributed by atoms with Gasteiger partial charge in [-0.15, -0.1) is 0 Å². The highest BCUT2D eigenvalue weighted by Crippen LogP contribution is 2.26. The number of benzene rings is 2. The van der Waals surface area contributed by atoms with Gasteiger partial charge >= 0.3 is 0 Å². The molecular weight excluding hydrogens is 397 g/mol. The van der Waals surface area contributed by atoms with Gasteiger partial charge < -0.3 is 15.5 Å². The smallest absolute Gasteiger partial charge is 0.252 e. The molecule has 2 amide bonds. The van der Waals surface area contributed by atoms with E-state index in [1.807, 2.05) is 13.8 Å². The Hall–Kier alpha value is -3.19. The molecule has 6 nitrogen and oxygen atoms in total. The van der Waals surface area contributed by atoms with Gasteiger partial charge in [-0.2, -0.15) is 0 Å². The number of primary amides is 1. The van der Waals surface area contributed by atoms with E-state index in [4.69, 9.17) is 21.8 Å². The molecule has 0 spiro atoms. The third-order valence-electron chi connectivity index (χ3n) is 4.48. The Morgan fingerprint density at radius 1 is 1.21 bits per heavy atom. The van der Waals surface area contributed by atoms with Crippen molar-refractivity contribution < 1.29 is 18.4 Å². The van der Waals surface area contributed by atoms with E-state index < -0.39 is 17.2 Å². The summed E-state index contributed by atoms with van der Waals surface area (Å²) >= 11 is 6.08. The summed E-state index contributed by atoms with van der Waals surface area (Å²) in [5, 5.41) is 3.01. The van der Waals surface area contributed by atoms with E-state index in [-0.39, 0.29) is 28.5 Å². The summed E-state index contributed by atoms with van der Waals surface area (Å²) in [6.07, 6.45) is 1.51. The molecule has 150 valence electrons. The van der Waals surface area contributed by atoms with Crippen LogP contribution in [0.3, 0.4) is 0 Å². The molecule has 0 fully saturated rings. The molecule has 1 heterocycles. The summed E-state index contributed by atoms with van der Waals surface area (Å²) in [5.41, 5.74) is 6.31. The lowest BCUT2D eigenvalue weighted by molar-refractivity contribution is 0.0945. The Kier molecular flexibility index (Phi) is 5.70. The fourth-order valence-corrected chi connectivity index (χ4v) is 2.85. The second-order valence-corrected chi connectivity index (χ2v) is 7.58. The zero-order valence-electron chi connectivity index (χ0n) is 15.8. The van der Waals surface area contributed by atoms with Crippen LogP contribution in [-0.2, 0) is 5.41 Å². The molecule has 1 aromatic heterocycles. The van der Waals surface area contributed by atoms with E-state index >= 15 is 0 Å². The minimum atomic E-state index is -0.646. The molecule has 0 atom stereocenters. The second-order valence-electron chi connectivity index (χ2n) is 7.17. The lowest BCUT2D eigenvalue weighted by Crippen LogP contribution is -2.37. The zero-order chi connectivity index (χ0) is 21.2. The van der Waals surface area contributed by atoms with Crippen LogP contribution in [0.4, 0.5) is 4.39 Å². The summed E-state index contributed by atoms with van der Waals surface area (Å²) in [6.45, 7) is 4.01. The maximum Gasteiger partial charge on any atom is 0.252 e. The summed E-state index contributed by atoms with van der Waals surface area (Å²) in [4.78, 5) is 28.3. The average molecular weight is 416 g/mol. The number of nitrogens with one attached hydrogen (secondary N) is 1. The lowest BCUT2D eigenvalue weighted by atomic mass is 9.90. The number of oxazole rings is 1. The van der Waals surface area contributed by atoms with Gasteiger partial charge in [-0.25, -0.2) is 9.37 Å². The molecule has 0 saturated carbocycles. The van der Waals surface area contributed by atoms with Gasteiger partial charge in [-0.05, 0) is 42.5 Å². The van der Waals surface area contributed by atoms with Crippen LogP contribution in [0, 0.1) is 5.82 Å². The minimum Gasteiger partial charge on any atom is -0.444 e. The lowest BCUT2D eigenvalue weighted by Gasteiger charge is -2.22. The van der Waals surface area contributed by atoms with E-state index in [1.165, 1.54) is 36.6 Å². The third-order valence-corrected chi connectivity index (χ3v) is 4.80. The summed E-state index contributed by atoms with van der Waals surface area (Å²) in [7, 11) is 0. The summed E-state index contributed by atoms with van der Waals surface area (Å²) < 4.78 is 18.6. The van der Waals surface area contributed by atoms with Crippen molar-refractivity contribution in [2.45, 2.75) is 19.3 Å². The SMILES string of the molecule is CC(C)(CNC(=O)c1cc(C(N)=O)ccc1Cl)c1coc(-c2ccc(F)cc2)n1. The van der Waals surface area contributed by atoms with Crippen molar-refractivity contribution in [2.75, 3.05) is 6.54 Å². The topological polar surface area (TPSA) is 98.2 Å². The maximum absolute atomic E-state index is 13.1. The second kappa shape index (κ2) is 8.05. The van der Waals surface area contributed by atoms with Crippen LogP contribution < -0.4 is 11.1 Å². The predicted octanol–water partition coefficient (Wildman–Crippen LogP) is 3.94. The first kappa shape index (κ1) is 20.5. The molecule has 0 aliphatic carbocycles. The molecular formula is C21H19ClFN3O3. The van der Waals surface area contributed by atoms with Crippen molar-refractivity contribution in [3.63, 3.8) is 0 Å². The Bertz CT molecular complexity index is 1060. The largest absolute Gasteiger partial charge is 0.444 e. The van der Waals surface area contributed by atoms with Crippen LogP contribution in [0.5, 0.6) is 0 Å². The number of aromatic nitrogens is 1. The molecule has 0 saturated heterocycles. The van der Waals surface area contributed by atoms with Gasteiger partial charge in [0.25, 0.3) is 5.91 Å². The van der Waals surface area contributed by atoms with Crippen molar-refractivity contribution in [1.29, 1.82) is 0 Å². The number of nitrogens with zero attached hydrogens (tertiary/aromatic N) is 1. The highest BCUT2D eigenvalue weighted by atomic mass is 35.5. The quantitative estimate of drug-likeness (QED) is 0.637. The van der Waals surface area contributed by atoms with Crippen molar-refractivity contribution in [1.82, 2.24) is 10.3 Å². The molecule has 29 heavy (non-hydrogen) atoms. The van der Waals surface area contributed by atoms with E-state index in [0.29, 0.717) is 17.1 Å². The number of halogens is 2. The van der Waals surface area contributed by atoms with Crippen molar-refractivity contribution >= 4 is 23.4 Å². The molecule has 0 aliphatic rings. The number of nitrogens with two attached hydrogens (primary N) is 1. The van der Waals surface area contributed by atoms with E-state index in [0.717, 1.165) is 0 Å². The zero-order valence-corrected chi connectivity index (χ0v) is 16.6. The molecule has 0 unspecified atom stereocenters. The van der Waals surface area contributed by atoms with Gasteiger partial charge in [-0.1, -0.05) is 25.4 Å². The fourth-order valence-electron chi connectivity index (χ4n) is 2.65. The van der Waals surface area contributed by atoms with Crippen LogP contribution >= 0.6 is 11.6 Å². The van der Waals surface area contributed by atoms with E-state index in [1.54, 1.807) is 12.1 Å². The first-order valence-corrected chi connectivity index (χ1v) is 9.15. The highest BCUT2D eigenvalue weighted by molar-refractivity contribution is 6.34. The Morgan fingerprint density at radius 3 is 2.55 bits per heavy atom. The third kappa shape index (κ3) is 4.63. The number of carbonyl (C=O) groups is 2. The Morgan fingerprint density at radius 2 is 1.90 bits per heavy atom. The Labute approximate surface area is 171 Å². The van der Waals surface area contributed by atoms with Crippen LogP contribution in [0.1, 0.15) is 40.3 Å². The molecule has 3 rings (SSSR count). The molecule has 0 radical (unpaired) electrons. The standard InChI is InChI=1S/C21H19ClFN3O3/c1-21(2,17-10-29-20(26-17)12-3-6-14(23)7-4-12)11-25-19(28)15-9-13(18(24)27)5-8-16(15)22/h3-10H,11H2,1-2H3,(H2,24,27)(H,25,28). The highest BCUT2D eigenvalue weighted by Gasteiger charge is 2.26. The van der Waals surface area contributed by atoms with Gasteiger partial charge in [0.15, 0.2) is 0 Å². The Balaban J connectivity index is 1.73. The van der Waals surface area contributed by atoms with Crippen LogP contribution in [0.25, 0.3) is 11.5 Å². The predicted molar refractivity (Wildman–Crippen MR) is 107 cm³/mol. The fraction of sp³-hybridized carbons (Fsp3) is 0.190. The van der Waals surface area contributed by atoms with Gasteiger partial charge in [0.2, 0.25) is 11.8 Å². The van der Waals surface area contributed by atoms with Crippen molar-refractivity contribution in [2.24, 2.45) is 5.73 Å². The first-order valence-electron chi connectivity index (χ1n) is 8.77. The number of hydrogen-bond acceptors (Lipinski definition) is 4. The van der Waals surface area contributed by atoms with Gasteiger partial charge in [0, 0.05) is 23.1 Å². The summed E-state index contributed by atoms with van der Waals surface area (Å²) in [5.74, 6) is -1.07. The molecule has 0 aliphatic heterocycles. The normalized spacial score (nSPS) is 11.3. The molecule has 3 N–H and O–H groups in total. The first-order chi connectivity index (χ1) is 13.7. The van der Waals surface area contributed by atoms with E-state index in [9.17, 15) is 14.0 Å². The molecule has 0 bridgehead atoms. The van der Waals surface area contributed by atoms with Crippen molar-refractivity contribution in [3.8, 4) is 11.5 Å². The monoisotopic (exact) mass is 415 g/mol. The average Bonchev–Trinajstić information content (AvgIpc) is 3.18. The minimum absolute atomic E-state index is 0.158. The van der Waals surface area contributed by atoms with Gasteiger partial charge in [-0.3, -0.25) is 9.59 Å². The number of hydrogen-bond donors (Lipinski definition) is 2. The van der Waals surface area contributed by atoms with Crippen LogP contribution in [-0.4, -0.2) is 23.3 Å². The molecule has 8 heteroatoms. The van der Waals surface area contributed by atoms with Crippen LogP contribution in [0.15, 0.2) is 53.1 Å². The number of carbonyl (C=O) groups excluding carboxylic acids is 2. The number of amides is 2. The molecule has 2 aromatic carbocycles. The van der Waals surface area contributed by atoms with Gasteiger partial charge in [0.1, 0.15) is 12.1 Å². The van der Waals surface area contributed by atoms with Crippen LogP contribution in [0.2, 0.25) is 5.02 Å². The summed E-state index contributed by atoms with van der Waals surface area (Å²) in [6, 6.07) is 10.1.